The van der Waals surface area contributed by atoms with Crippen molar-refractivity contribution >= 4 is 0 Å². The van der Waals surface area contributed by atoms with Crippen molar-refractivity contribution in [2.75, 3.05) is 33.5 Å². The Morgan fingerprint density at radius 1 is 1.31 bits per heavy atom. The van der Waals surface area contributed by atoms with Crippen LogP contribution >= 0.6 is 0 Å². The summed E-state index contributed by atoms with van der Waals surface area (Å²) in [5.74, 6) is 0. The Morgan fingerprint density at radius 3 is 2.54 bits per heavy atom. The molecule has 1 N–H and O–H groups in total. The Bertz CT molecular complexity index is 148. The van der Waals surface area contributed by atoms with Crippen molar-refractivity contribution in [3.63, 3.8) is 0 Å². The molecule has 3 heteroatoms. The van der Waals surface area contributed by atoms with Crippen molar-refractivity contribution in [1.82, 2.24) is 5.32 Å². The molecule has 1 saturated carbocycles. The molecule has 0 aliphatic heterocycles. The summed E-state index contributed by atoms with van der Waals surface area (Å²) in [6.45, 7) is 7.71. The molecule has 0 radical (unpaired) electrons. The predicted octanol–water partition coefficient (Wildman–Crippen LogP) is 1.04. The minimum atomic E-state index is 0.520. The van der Waals surface area contributed by atoms with E-state index in [1.807, 2.05) is 0 Å². The van der Waals surface area contributed by atoms with E-state index in [2.05, 4.69) is 19.2 Å². The molecular weight excluding hydrogens is 166 g/mol. The van der Waals surface area contributed by atoms with Gasteiger partial charge in [0.2, 0.25) is 0 Å². The summed E-state index contributed by atoms with van der Waals surface area (Å²) < 4.78 is 10.2. The molecule has 0 aromatic carbocycles. The maximum absolute atomic E-state index is 5.33. The van der Waals surface area contributed by atoms with Crippen LogP contribution in [-0.4, -0.2) is 39.5 Å². The first kappa shape index (κ1) is 11.0. The van der Waals surface area contributed by atoms with Crippen LogP contribution in [0.3, 0.4) is 0 Å². The Morgan fingerprint density at radius 2 is 2.00 bits per heavy atom. The van der Waals surface area contributed by atoms with Crippen molar-refractivity contribution in [3.05, 3.63) is 0 Å². The minimum Gasteiger partial charge on any atom is -0.382 e. The third kappa shape index (κ3) is 4.07. The second kappa shape index (κ2) is 4.94. The van der Waals surface area contributed by atoms with Gasteiger partial charge >= 0.3 is 0 Å². The minimum absolute atomic E-state index is 0.520. The molecule has 0 saturated heterocycles. The third-order valence-corrected chi connectivity index (χ3v) is 2.58. The van der Waals surface area contributed by atoms with Crippen LogP contribution in [-0.2, 0) is 9.47 Å². The summed E-state index contributed by atoms with van der Waals surface area (Å²) in [6.07, 6.45) is 1.30. The predicted molar refractivity (Wildman–Crippen MR) is 52.9 cm³/mol. The van der Waals surface area contributed by atoms with Gasteiger partial charge in [0.05, 0.1) is 19.8 Å². The van der Waals surface area contributed by atoms with Gasteiger partial charge in [-0.2, -0.15) is 0 Å². The van der Waals surface area contributed by atoms with E-state index >= 15 is 0 Å². The molecule has 0 aromatic rings. The molecule has 0 spiro atoms. The lowest BCUT2D eigenvalue weighted by molar-refractivity contribution is 0.0716. The summed E-state index contributed by atoms with van der Waals surface area (Å²) in [4.78, 5) is 0. The lowest BCUT2D eigenvalue weighted by Gasteiger charge is -2.06. The van der Waals surface area contributed by atoms with Crippen molar-refractivity contribution < 1.29 is 9.47 Å². The number of hydrogen-bond donors (Lipinski definition) is 1. The second-order valence-corrected chi connectivity index (χ2v) is 4.30. The van der Waals surface area contributed by atoms with Crippen LogP contribution in [0.2, 0.25) is 0 Å². The van der Waals surface area contributed by atoms with Crippen LogP contribution in [0.15, 0.2) is 0 Å². The molecule has 0 amide bonds. The monoisotopic (exact) mass is 187 g/mol. The van der Waals surface area contributed by atoms with Crippen LogP contribution in [0.25, 0.3) is 0 Å². The van der Waals surface area contributed by atoms with Crippen LogP contribution < -0.4 is 5.32 Å². The average Bonchev–Trinajstić information content (AvgIpc) is 2.67. The molecule has 0 bridgehead atoms. The summed E-state index contributed by atoms with van der Waals surface area (Å²) in [5.41, 5.74) is 0.520. The Kier molecular flexibility index (Phi) is 4.16. The Balaban J connectivity index is 1.80. The summed E-state index contributed by atoms with van der Waals surface area (Å²) >= 11 is 0. The van der Waals surface area contributed by atoms with Crippen molar-refractivity contribution in [1.29, 1.82) is 0 Å². The van der Waals surface area contributed by atoms with Gasteiger partial charge in [-0.25, -0.2) is 0 Å². The molecule has 0 heterocycles. The van der Waals surface area contributed by atoms with Crippen LogP contribution in [0.5, 0.6) is 0 Å². The number of ether oxygens (including phenoxy) is 2. The molecule has 1 unspecified atom stereocenters. The largest absolute Gasteiger partial charge is 0.382 e. The second-order valence-electron chi connectivity index (χ2n) is 4.30. The van der Waals surface area contributed by atoms with E-state index in [-0.39, 0.29) is 0 Å². The average molecular weight is 187 g/mol. The summed E-state index contributed by atoms with van der Waals surface area (Å²) in [7, 11) is 1.69. The number of nitrogens with one attached hydrogen (secondary N) is 1. The van der Waals surface area contributed by atoms with E-state index in [1.54, 1.807) is 7.11 Å². The van der Waals surface area contributed by atoms with Gasteiger partial charge in [-0.15, -0.1) is 0 Å². The highest BCUT2D eigenvalue weighted by molar-refractivity contribution is 5.01. The number of methoxy groups -OCH3 is 1. The highest BCUT2D eigenvalue weighted by atomic mass is 16.5. The normalized spacial score (nSPS) is 24.7. The molecule has 0 aromatic heterocycles. The van der Waals surface area contributed by atoms with Gasteiger partial charge < -0.3 is 14.8 Å². The standard InChI is InChI=1S/C10H21NO2/c1-10(2)8-9(10)11-4-5-13-7-6-12-3/h9,11H,4-8H2,1-3H3. The van der Waals surface area contributed by atoms with E-state index in [9.17, 15) is 0 Å². The van der Waals surface area contributed by atoms with Crippen molar-refractivity contribution in [2.24, 2.45) is 5.41 Å². The van der Waals surface area contributed by atoms with E-state index in [0.29, 0.717) is 24.7 Å². The first-order valence-corrected chi connectivity index (χ1v) is 4.97. The van der Waals surface area contributed by atoms with Gasteiger partial charge in [-0.3, -0.25) is 0 Å². The zero-order valence-corrected chi connectivity index (χ0v) is 8.93. The zero-order chi connectivity index (χ0) is 9.73. The first-order chi connectivity index (χ1) is 6.17. The molecule has 1 aliphatic carbocycles. The summed E-state index contributed by atoms with van der Waals surface area (Å²) in [6, 6.07) is 0.707. The lowest BCUT2D eigenvalue weighted by Crippen LogP contribution is -2.25. The fourth-order valence-corrected chi connectivity index (χ4v) is 1.37. The fraction of sp³-hybridized carbons (Fsp3) is 1.00. The van der Waals surface area contributed by atoms with Crippen LogP contribution in [0.1, 0.15) is 20.3 Å². The smallest absolute Gasteiger partial charge is 0.0700 e. The van der Waals surface area contributed by atoms with E-state index in [1.165, 1.54) is 6.42 Å². The first-order valence-electron chi connectivity index (χ1n) is 4.97. The van der Waals surface area contributed by atoms with Gasteiger partial charge in [-0.05, 0) is 11.8 Å². The molecule has 13 heavy (non-hydrogen) atoms. The van der Waals surface area contributed by atoms with Gasteiger partial charge in [0.15, 0.2) is 0 Å². The maximum atomic E-state index is 5.33. The fourth-order valence-electron chi connectivity index (χ4n) is 1.37. The Labute approximate surface area is 80.8 Å². The van der Waals surface area contributed by atoms with Gasteiger partial charge in [0.25, 0.3) is 0 Å². The quantitative estimate of drug-likeness (QED) is 0.604. The number of rotatable bonds is 7. The molecule has 1 aliphatic rings. The highest BCUT2D eigenvalue weighted by Gasteiger charge is 2.44. The molecule has 1 fully saturated rings. The number of hydrogen-bond acceptors (Lipinski definition) is 3. The topological polar surface area (TPSA) is 30.5 Å². The lowest BCUT2D eigenvalue weighted by atomic mass is 10.2. The molecule has 78 valence electrons. The van der Waals surface area contributed by atoms with E-state index in [4.69, 9.17) is 9.47 Å². The van der Waals surface area contributed by atoms with E-state index in [0.717, 1.165) is 13.2 Å². The molecule has 1 atom stereocenters. The third-order valence-electron chi connectivity index (χ3n) is 2.58. The van der Waals surface area contributed by atoms with Gasteiger partial charge in [-0.1, -0.05) is 13.8 Å². The van der Waals surface area contributed by atoms with Crippen LogP contribution in [0.4, 0.5) is 0 Å². The molecule has 3 nitrogen and oxygen atoms in total. The van der Waals surface area contributed by atoms with Gasteiger partial charge in [0, 0.05) is 19.7 Å². The molecular formula is C10H21NO2. The zero-order valence-electron chi connectivity index (χ0n) is 8.93. The SMILES string of the molecule is COCCOCCNC1CC1(C)C. The van der Waals surface area contributed by atoms with E-state index < -0.39 is 0 Å². The van der Waals surface area contributed by atoms with Crippen molar-refractivity contribution in [3.8, 4) is 0 Å². The summed E-state index contributed by atoms with van der Waals surface area (Å²) in [5, 5.41) is 3.46. The highest BCUT2D eigenvalue weighted by Crippen LogP contribution is 2.44. The molecule has 1 rings (SSSR count). The maximum Gasteiger partial charge on any atom is 0.0700 e. The Hall–Kier alpha value is -0.120. The van der Waals surface area contributed by atoms with Crippen molar-refractivity contribution in [2.45, 2.75) is 26.3 Å². The van der Waals surface area contributed by atoms with Crippen LogP contribution in [0, 0.1) is 5.41 Å². The van der Waals surface area contributed by atoms with Gasteiger partial charge in [0.1, 0.15) is 0 Å².